The Hall–Kier alpha value is -2.16. The number of aromatic nitrogens is 3. The zero-order chi connectivity index (χ0) is 13.0. The number of sulfonamides is 1. The van der Waals surface area contributed by atoms with Gasteiger partial charge in [0.05, 0.1) is 12.4 Å². The number of nitrogens with one attached hydrogen (secondary N) is 2. The maximum atomic E-state index is 11.9. The molecule has 0 amide bonds. The van der Waals surface area contributed by atoms with Crippen LogP contribution in [0.4, 0.5) is 11.8 Å². The molecule has 0 fully saturated rings. The summed E-state index contributed by atoms with van der Waals surface area (Å²) >= 11 is 0. The van der Waals surface area contributed by atoms with Gasteiger partial charge in [-0.15, -0.1) is 0 Å². The molecule has 0 bridgehead atoms. The van der Waals surface area contributed by atoms with Gasteiger partial charge in [0.25, 0.3) is 10.0 Å². The number of nitrogens with zero attached hydrogens (tertiary/aromatic N) is 3. The standard InChI is InChI=1S/C9H11N5O3S/c1-2-10-9-11-5-7(6-12-9)18(15,16)14-8-3-4-17-13-8/h3-6H,2H2,1H3,(H,13,14)(H,10,11,12). The van der Waals surface area contributed by atoms with E-state index in [4.69, 9.17) is 0 Å². The normalized spacial score (nSPS) is 11.2. The van der Waals surface area contributed by atoms with Gasteiger partial charge in [-0.1, -0.05) is 5.16 Å². The molecule has 2 rings (SSSR count). The average molecular weight is 269 g/mol. The molecule has 18 heavy (non-hydrogen) atoms. The first-order chi connectivity index (χ1) is 8.62. The highest BCUT2D eigenvalue weighted by molar-refractivity contribution is 7.92. The van der Waals surface area contributed by atoms with Gasteiger partial charge < -0.3 is 9.84 Å². The third-order valence-electron chi connectivity index (χ3n) is 1.95. The topological polar surface area (TPSA) is 110 Å². The van der Waals surface area contributed by atoms with E-state index in [0.29, 0.717) is 12.5 Å². The molecule has 2 N–H and O–H groups in total. The van der Waals surface area contributed by atoms with Crippen LogP contribution < -0.4 is 10.0 Å². The molecule has 0 saturated carbocycles. The van der Waals surface area contributed by atoms with Crippen molar-refractivity contribution in [2.45, 2.75) is 11.8 Å². The van der Waals surface area contributed by atoms with E-state index in [2.05, 4.69) is 29.7 Å². The lowest BCUT2D eigenvalue weighted by Gasteiger charge is -2.05. The molecule has 0 spiro atoms. The van der Waals surface area contributed by atoms with E-state index < -0.39 is 10.0 Å². The largest absolute Gasteiger partial charge is 0.363 e. The van der Waals surface area contributed by atoms with Crippen molar-refractivity contribution < 1.29 is 12.9 Å². The highest BCUT2D eigenvalue weighted by Crippen LogP contribution is 2.13. The van der Waals surface area contributed by atoms with E-state index in [9.17, 15) is 8.42 Å². The molecule has 0 saturated heterocycles. The Morgan fingerprint density at radius 2 is 2.06 bits per heavy atom. The molecule has 9 heteroatoms. The molecule has 0 aliphatic heterocycles. The molecule has 8 nitrogen and oxygen atoms in total. The fourth-order valence-electron chi connectivity index (χ4n) is 1.17. The molecule has 0 atom stereocenters. The Morgan fingerprint density at radius 1 is 1.33 bits per heavy atom. The maximum Gasteiger partial charge on any atom is 0.266 e. The first kappa shape index (κ1) is 12.3. The van der Waals surface area contributed by atoms with Gasteiger partial charge in [0.15, 0.2) is 5.82 Å². The zero-order valence-corrected chi connectivity index (χ0v) is 10.3. The van der Waals surface area contributed by atoms with E-state index in [1.54, 1.807) is 0 Å². The Kier molecular flexibility index (Phi) is 3.42. The van der Waals surface area contributed by atoms with Gasteiger partial charge in [-0.25, -0.2) is 18.4 Å². The predicted molar refractivity (Wildman–Crippen MR) is 63.5 cm³/mol. The number of hydrogen-bond acceptors (Lipinski definition) is 7. The summed E-state index contributed by atoms with van der Waals surface area (Å²) in [6, 6.07) is 1.39. The smallest absolute Gasteiger partial charge is 0.266 e. The van der Waals surface area contributed by atoms with Gasteiger partial charge in [-0.2, -0.15) is 0 Å². The quantitative estimate of drug-likeness (QED) is 0.821. The van der Waals surface area contributed by atoms with Crippen LogP contribution in [0.3, 0.4) is 0 Å². The van der Waals surface area contributed by atoms with E-state index >= 15 is 0 Å². The summed E-state index contributed by atoms with van der Waals surface area (Å²) in [4.78, 5) is 7.71. The third kappa shape index (κ3) is 2.74. The molecule has 2 aromatic rings. The van der Waals surface area contributed by atoms with Crippen LogP contribution in [0.25, 0.3) is 0 Å². The molecular formula is C9H11N5O3S. The Bertz CT molecular complexity index is 594. The molecule has 0 radical (unpaired) electrons. The lowest BCUT2D eigenvalue weighted by atomic mass is 10.6. The minimum absolute atomic E-state index is 0.0489. The highest BCUT2D eigenvalue weighted by atomic mass is 32.2. The molecular weight excluding hydrogens is 258 g/mol. The molecule has 2 aromatic heterocycles. The fourth-order valence-corrected chi connectivity index (χ4v) is 2.05. The Labute approximate surface area is 103 Å². The molecule has 2 heterocycles. The van der Waals surface area contributed by atoms with Crippen LogP contribution >= 0.6 is 0 Å². The highest BCUT2D eigenvalue weighted by Gasteiger charge is 2.16. The molecule has 0 unspecified atom stereocenters. The molecule has 0 aliphatic carbocycles. The second-order valence-corrected chi connectivity index (χ2v) is 4.95. The van der Waals surface area contributed by atoms with E-state index in [1.807, 2.05) is 6.92 Å². The van der Waals surface area contributed by atoms with Crippen molar-refractivity contribution in [1.29, 1.82) is 0 Å². The van der Waals surface area contributed by atoms with Crippen LogP contribution in [0.1, 0.15) is 6.92 Å². The summed E-state index contributed by atoms with van der Waals surface area (Å²) in [6.45, 7) is 2.55. The lowest BCUT2D eigenvalue weighted by molar-refractivity contribution is 0.423. The van der Waals surface area contributed by atoms with Gasteiger partial charge in [-0.05, 0) is 6.92 Å². The number of anilines is 2. The Balaban J connectivity index is 2.19. The summed E-state index contributed by atoms with van der Waals surface area (Å²) in [6.07, 6.45) is 3.70. The summed E-state index contributed by atoms with van der Waals surface area (Å²) < 4.78 is 30.5. The first-order valence-corrected chi connectivity index (χ1v) is 6.59. The van der Waals surface area contributed by atoms with Gasteiger partial charge in [0, 0.05) is 12.6 Å². The van der Waals surface area contributed by atoms with Gasteiger partial charge in [-0.3, -0.25) is 4.72 Å². The van der Waals surface area contributed by atoms with Crippen molar-refractivity contribution in [3.63, 3.8) is 0 Å². The summed E-state index contributed by atoms with van der Waals surface area (Å²) in [5.74, 6) is 0.476. The van der Waals surface area contributed by atoms with Crippen molar-refractivity contribution in [1.82, 2.24) is 15.1 Å². The second kappa shape index (κ2) is 5.00. The van der Waals surface area contributed by atoms with Gasteiger partial charge in [0.2, 0.25) is 5.95 Å². The van der Waals surface area contributed by atoms with Gasteiger partial charge in [0.1, 0.15) is 11.2 Å². The average Bonchev–Trinajstić information content (AvgIpc) is 2.82. The van der Waals surface area contributed by atoms with Gasteiger partial charge >= 0.3 is 0 Å². The van der Waals surface area contributed by atoms with Crippen molar-refractivity contribution in [2.75, 3.05) is 16.6 Å². The Morgan fingerprint density at radius 3 is 2.61 bits per heavy atom. The van der Waals surface area contributed by atoms with E-state index in [1.165, 1.54) is 24.7 Å². The van der Waals surface area contributed by atoms with Crippen molar-refractivity contribution >= 4 is 21.8 Å². The summed E-state index contributed by atoms with van der Waals surface area (Å²) in [7, 11) is -3.74. The van der Waals surface area contributed by atoms with Crippen LogP contribution in [-0.2, 0) is 10.0 Å². The molecule has 96 valence electrons. The maximum absolute atomic E-state index is 11.9. The predicted octanol–water partition coefficient (Wildman–Crippen LogP) is 0.697. The van der Waals surface area contributed by atoms with Crippen molar-refractivity contribution in [3.8, 4) is 0 Å². The first-order valence-electron chi connectivity index (χ1n) is 5.11. The summed E-state index contributed by atoms with van der Waals surface area (Å²) in [5.41, 5.74) is 0. The van der Waals surface area contributed by atoms with Crippen molar-refractivity contribution in [2.24, 2.45) is 0 Å². The third-order valence-corrected chi connectivity index (χ3v) is 3.26. The minimum atomic E-state index is -3.74. The van der Waals surface area contributed by atoms with Crippen LogP contribution in [0.5, 0.6) is 0 Å². The number of hydrogen-bond donors (Lipinski definition) is 2. The molecule has 0 aliphatic rings. The minimum Gasteiger partial charge on any atom is -0.363 e. The van der Waals surface area contributed by atoms with E-state index in [-0.39, 0.29) is 10.7 Å². The SMILES string of the molecule is CCNc1ncc(S(=O)(=O)Nc2ccon2)cn1. The molecule has 0 aromatic carbocycles. The van der Waals surface area contributed by atoms with Crippen LogP contribution in [0.2, 0.25) is 0 Å². The monoisotopic (exact) mass is 269 g/mol. The second-order valence-electron chi connectivity index (χ2n) is 3.26. The fraction of sp³-hybridized carbons (Fsp3) is 0.222. The zero-order valence-electron chi connectivity index (χ0n) is 9.49. The van der Waals surface area contributed by atoms with E-state index in [0.717, 1.165) is 0 Å². The van der Waals surface area contributed by atoms with Crippen LogP contribution in [0, 0.1) is 0 Å². The summed E-state index contributed by atoms with van der Waals surface area (Å²) in [5, 5.41) is 6.32. The van der Waals surface area contributed by atoms with Crippen LogP contribution in [0.15, 0.2) is 34.1 Å². The lowest BCUT2D eigenvalue weighted by Crippen LogP contribution is -2.14. The van der Waals surface area contributed by atoms with Crippen LogP contribution in [-0.4, -0.2) is 30.1 Å². The van der Waals surface area contributed by atoms with Crippen molar-refractivity contribution in [3.05, 3.63) is 24.7 Å². The number of rotatable bonds is 5.